The maximum Gasteiger partial charge on any atom is 0.223 e. The van der Waals surface area contributed by atoms with Crippen LogP contribution in [-0.2, 0) is 4.79 Å². The zero-order valence-electron chi connectivity index (χ0n) is 18.4. The number of aliphatic imine (C=N–C) groups is 1. The van der Waals surface area contributed by atoms with Crippen LogP contribution >= 0.6 is 35.6 Å². The Hall–Kier alpha value is -1.26. The van der Waals surface area contributed by atoms with Crippen LogP contribution in [0.5, 0.6) is 0 Å². The monoisotopic (exact) mass is 562 g/mol. The third-order valence-electron chi connectivity index (χ3n) is 5.48. The van der Waals surface area contributed by atoms with Gasteiger partial charge in [0.2, 0.25) is 5.91 Å². The van der Waals surface area contributed by atoms with E-state index in [9.17, 15) is 4.79 Å². The van der Waals surface area contributed by atoms with E-state index in [1.54, 1.807) is 0 Å². The van der Waals surface area contributed by atoms with Crippen molar-refractivity contribution in [2.75, 3.05) is 63.8 Å². The number of hydrogen-bond donors (Lipinski definition) is 3. The zero-order chi connectivity index (χ0) is 21.2. The molecule has 0 atom stereocenters. The molecule has 0 spiro atoms. The molecule has 174 valence electrons. The average Bonchev–Trinajstić information content (AvgIpc) is 3.60. The molecule has 0 bridgehead atoms. The van der Waals surface area contributed by atoms with Crippen LogP contribution in [0.2, 0.25) is 5.02 Å². The molecule has 1 saturated carbocycles. The number of halogens is 2. The van der Waals surface area contributed by atoms with Gasteiger partial charge in [-0.05, 0) is 38.3 Å². The van der Waals surface area contributed by atoms with Crippen LogP contribution in [0.25, 0.3) is 0 Å². The number of piperazine rings is 1. The normalized spacial score (nSPS) is 17.1. The molecule has 2 aliphatic rings. The topological polar surface area (TPSA) is 72.0 Å². The Morgan fingerprint density at radius 2 is 1.81 bits per heavy atom. The first kappa shape index (κ1) is 26.0. The van der Waals surface area contributed by atoms with Crippen LogP contribution < -0.4 is 20.9 Å². The third-order valence-corrected chi connectivity index (χ3v) is 5.80. The van der Waals surface area contributed by atoms with E-state index < -0.39 is 0 Å². The van der Waals surface area contributed by atoms with Gasteiger partial charge in [0.1, 0.15) is 0 Å². The van der Waals surface area contributed by atoms with Crippen LogP contribution in [0, 0.1) is 5.92 Å². The summed E-state index contributed by atoms with van der Waals surface area (Å²) in [7, 11) is 0. The minimum atomic E-state index is 0. The van der Waals surface area contributed by atoms with Crippen molar-refractivity contribution < 1.29 is 4.79 Å². The summed E-state index contributed by atoms with van der Waals surface area (Å²) in [4.78, 5) is 21.2. The molecule has 7 nitrogen and oxygen atoms in total. The van der Waals surface area contributed by atoms with Crippen molar-refractivity contribution in [2.24, 2.45) is 10.9 Å². The number of hydrogen-bond acceptors (Lipinski definition) is 4. The van der Waals surface area contributed by atoms with E-state index in [0.29, 0.717) is 13.1 Å². The first-order chi connectivity index (χ1) is 14.7. The maximum atomic E-state index is 11.7. The van der Waals surface area contributed by atoms with E-state index in [-0.39, 0.29) is 35.8 Å². The number of para-hydroxylation sites is 1. The molecule has 3 rings (SSSR count). The molecule has 1 aliphatic heterocycles. The van der Waals surface area contributed by atoms with Gasteiger partial charge in [0, 0.05) is 64.8 Å². The van der Waals surface area contributed by atoms with Crippen molar-refractivity contribution in [2.45, 2.75) is 26.2 Å². The molecule has 2 fully saturated rings. The standard InChI is InChI=1S/C22H35ClN6O.HI/c1-2-24-22(27-12-11-25-21(30)18-8-9-18)26-10-5-13-28-14-16-29(17-15-28)20-7-4-3-6-19(20)23;/h3-4,6-7,18H,2,5,8-17H2,1H3,(H,25,30)(H2,24,26,27);1H. The Labute approximate surface area is 208 Å². The number of guanidine groups is 1. The SMILES string of the molecule is CCNC(=NCCCN1CCN(c2ccccc2Cl)CC1)NCCNC(=O)C1CC1.I. The molecule has 0 aromatic heterocycles. The third kappa shape index (κ3) is 9.02. The molecule has 3 N–H and O–H groups in total. The highest BCUT2D eigenvalue weighted by Gasteiger charge is 2.28. The minimum Gasteiger partial charge on any atom is -0.368 e. The second kappa shape index (κ2) is 14.0. The molecule has 1 aliphatic carbocycles. The summed E-state index contributed by atoms with van der Waals surface area (Å²) in [6, 6.07) is 8.07. The fourth-order valence-electron chi connectivity index (χ4n) is 3.60. The van der Waals surface area contributed by atoms with Crippen molar-refractivity contribution in [1.29, 1.82) is 0 Å². The van der Waals surface area contributed by atoms with Gasteiger partial charge in [-0.3, -0.25) is 14.7 Å². The fourth-order valence-corrected chi connectivity index (χ4v) is 3.86. The lowest BCUT2D eigenvalue weighted by Crippen LogP contribution is -2.46. The largest absolute Gasteiger partial charge is 0.368 e. The highest BCUT2D eigenvalue weighted by atomic mass is 127. The van der Waals surface area contributed by atoms with Gasteiger partial charge >= 0.3 is 0 Å². The van der Waals surface area contributed by atoms with E-state index in [0.717, 1.165) is 81.7 Å². The molecule has 0 radical (unpaired) electrons. The van der Waals surface area contributed by atoms with E-state index in [2.05, 4.69) is 43.7 Å². The number of carbonyl (C=O) groups is 1. The summed E-state index contributed by atoms with van der Waals surface area (Å²) in [6.45, 7) is 10.2. The average molecular weight is 563 g/mol. The van der Waals surface area contributed by atoms with Crippen LogP contribution in [-0.4, -0.2) is 75.7 Å². The first-order valence-corrected chi connectivity index (χ1v) is 11.6. The maximum absolute atomic E-state index is 11.7. The van der Waals surface area contributed by atoms with Crippen molar-refractivity contribution >= 4 is 53.1 Å². The molecule has 0 unspecified atom stereocenters. The predicted octanol–water partition coefficient (Wildman–Crippen LogP) is 2.55. The van der Waals surface area contributed by atoms with Gasteiger partial charge in [-0.2, -0.15) is 0 Å². The quantitative estimate of drug-likeness (QED) is 0.177. The lowest BCUT2D eigenvalue weighted by Gasteiger charge is -2.36. The zero-order valence-corrected chi connectivity index (χ0v) is 21.5. The molecule has 1 heterocycles. The van der Waals surface area contributed by atoms with Gasteiger partial charge in [0.25, 0.3) is 0 Å². The second-order valence-electron chi connectivity index (χ2n) is 7.89. The number of amides is 1. The summed E-state index contributed by atoms with van der Waals surface area (Å²) in [6.07, 6.45) is 3.11. The van der Waals surface area contributed by atoms with E-state index >= 15 is 0 Å². The number of nitrogens with one attached hydrogen (secondary N) is 3. The van der Waals surface area contributed by atoms with Crippen molar-refractivity contribution in [1.82, 2.24) is 20.9 Å². The van der Waals surface area contributed by atoms with Crippen molar-refractivity contribution in [3.63, 3.8) is 0 Å². The van der Waals surface area contributed by atoms with Crippen LogP contribution in [0.4, 0.5) is 5.69 Å². The molecular weight excluding hydrogens is 527 g/mol. The lowest BCUT2D eigenvalue weighted by molar-refractivity contribution is -0.122. The summed E-state index contributed by atoms with van der Waals surface area (Å²) < 4.78 is 0. The highest BCUT2D eigenvalue weighted by Crippen LogP contribution is 2.28. The molecule has 1 aromatic carbocycles. The second-order valence-corrected chi connectivity index (χ2v) is 8.29. The molecular formula is C22H36ClIN6O. The number of anilines is 1. The number of benzene rings is 1. The first-order valence-electron chi connectivity index (χ1n) is 11.2. The van der Waals surface area contributed by atoms with Crippen LogP contribution in [0.3, 0.4) is 0 Å². The molecule has 1 saturated heterocycles. The summed E-state index contributed by atoms with van der Waals surface area (Å²) in [5, 5.41) is 10.4. The molecule has 31 heavy (non-hydrogen) atoms. The van der Waals surface area contributed by atoms with Crippen molar-refractivity contribution in [3.8, 4) is 0 Å². The minimum absolute atomic E-state index is 0. The van der Waals surface area contributed by atoms with E-state index in [1.165, 1.54) is 0 Å². The molecule has 9 heteroatoms. The number of carbonyl (C=O) groups excluding carboxylic acids is 1. The van der Waals surface area contributed by atoms with Crippen LogP contribution in [0.1, 0.15) is 26.2 Å². The van der Waals surface area contributed by atoms with Gasteiger partial charge < -0.3 is 20.9 Å². The summed E-state index contributed by atoms with van der Waals surface area (Å²) in [5.74, 6) is 1.27. The highest BCUT2D eigenvalue weighted by molar-refractivity contribution is 14.0. The van der Waals surface area contributed by atoms with Gasteiger partial charge in [0.15, 0.2) is 5.96 Å². The fraction of sp³-hybridized carbons (Fsp3) is 0.636. The Morgan fingerprint density at radius 1 is 1.10 bits per heavy atom. The Balaban J connectivity index is 0.00000341. The predicted molar refractivity (Wildman–Crippen MR) is 140 cm³/mol. The van der Waals surface area contributed by atoms with E-state index in [4.69, 9.17) is 11.6 Å². The Morgan fingerprint density at radius 3 is 2.48 bits per heavy atom. The summed E-state index contributed by atoms with van der Waals surface area (Å²) in [5.41, 5.74) is 1.14. The van der Waals surface area contributed by atoms with Gasteiger partial charge in [-0.25, -0.2) is 0 Å². The van der Waals surface area contributed by atoms with E-state index in [1.807, 2.05) is 18.2 Å². The number of rotatable bonds is 10. The van der Waals surface area contributed by atoms with Crippen LogP contribution in [0.15, 0.2) is 29.3 Å². The van der Waals surface area contributed by atoms with Gasteiger partial charge in [-0.1, -0.05) is 23.7 Å². The number of nitrogens with zero attached hydrogens (tertiary/aromatic N) is 3. The molecule has 1 aromatic rings. The Kier molecular flexibility index (Phi) is 11.7. The van der Waals surface area contributed by atoms with Crippen molar-refractivity contribution in [3.05, 3.63) is 29.3 Å². The van der Waals surface area contributed by atoms with Gasteiger partial charge in [-0.15, -0.1) is 24.0 Å². The lowest BCUT2D eigenvalue weighted by atomic mass is 10.2. The Bertz CT molecular complexity index is 707. The smallest absolute Gasteiger partial charge is 0.223 e. The van der Waals surface area contributed by atoms with Gasteiger partial charge in [0.05, 0.1) is 10.7 Å². The molecule has 1 amide bonds. The summed E-state index contributed by atoms with van der Waals surface area (Å²) >= 11 is 6.33.